The summed E-state index contributed by atoms with van der Waals surface area (Å²) >= 11 is 0. The lowest BCUT2D eigenvalue weighted by Gasteiger charge is -2.19. The van der Waals surface area contributed by atoms with Crippen LogP contribution in [0.2, 0.25) is 0 Å². The lowest BCUT2D eigenvalue weighted by Crippen LogP contribution is -2.18. The summed E-state index contributed by atoms with van der Waals surface area (Å²) in [6, 6.07) is 8.16. The van der Waals surface area contributed by atoms with Gasteiger partial charge in [-0.25, -0.2) is 0 Å². The highest BCUT2D eigenvalue weighted by atomic mass is 16.5. The lowest BCUT2D eigenvalue weighted by atomic mass is 9.97. The molecular weight excluding hydrogens is 198 g/mol. The van der Waals surface area contributed by atoms with Crippen molar-refractivity contribution in [1.82, 2.24) is 0 Å². The van der Waals surface area contributed by atoms with Crippen LogP contribution in [0.15, 0.2) is 24.3 Å². The van der Waals surface area contributed by atoms with Crippen molar-refractivity contribution in [3.05, 3.63) is 24.3 Å². The molecule has 1 rings (SSSR count). The molecule has 0 bridgehead atoms. The molecule has 0 fully saturated rings. The molecule has 16 heavy (non-hydrogen) atoms. The summed E-state index contributed by atoms with van der Waals surface area (Å²) in [5, 5.41) is 3.41. The van der Waals surface area contributed by atoms with Crippen molar-refractivity contribution in [2.45, 2.75) is 34.1 Å². The summed E-state index contributed by atoms with van der Waals surface area (Å²) in [6.07, 6.45) is 1.05. The van der Waals surface area contributed by atoms with Crippen LogP contribution in [0.3, 0.4) is 0 Å². The third-order valence-corrected chi connectivity index (χ3v) is 2.15. The number of hydrogen-bond donors (Lipinski definition) is 1. The van der Waals surface area contributed by atoms with E-state index in [1.807, 2.05) is 12.1 Å². The van der Waals surface area contributed by atoms with Gasteiger partial charge in [0.25, 0.3) is 0 Å². The van der Waals surface area contributed by atoms with E-state index < -0.39 is 0 Å². The molecule has 0 aliphatic carbocycles. The first kappa shape index (κ1) is 12.9. The average molecular weight is 221 g/mol. The molecule has 0 spiro atoms. The van der Waals surface area contributed by atoms with E-state index in [0.717, 1.165) is 31.0 Å². The first-order valence-electron chi connectivity index (χ1n) is 5.98. The Labute approximate surface area is 99.0 Å². The highest BCUT2D eigenvalue weighted by Crippen LogP contribution is 2.18. The summed E-state index contributed by atoms with van der Waals surface area (Å²) in [6.45, 7) is 10.5. The zero-order valence-corrected chi connectivity index (χ0v) is 10.8. The molecule has 0 heterocycles. The molecule has 0 saturated heterocycles. The summed E-state index contributed by atoms with van der Waals surface area (Å²) in [4.78, 5) is 0. The van der Waals surface area contributed by atoms with E-state index in [4.69, 9.17) is 4.74 Å². The lowest BCUT2D eigenvalue weighted by molar-refractivity contribution is 0.317. The zero-order valence-electron chi connectivity index (χ0n) is 10.8. The van der Waals surface area contributed by atoms with Crippen LogP contribution in [0.4, 0.5) is 5.69 Å². The molecule has 1 aromatic rings. The third-order valence-electron chi connectivity index (χ3n) is 2.15. The average Bonchev–Trinajstić information content (AvgIpc) is 2.24. The minimum absolute atomic E-state index is 0.303. The molecule has 1 aromatic carbocycles. The first-order chi connectivity index (χ1) is 7.51. The zero-order chi connectivity index (χ0) is 12.0. The molecule has 0 radical (unpaired) electrons. The van der Waals surface area contributed by atoms with Gasteiger partial charge in [-0.1, -0.05) is 27.7 Å². The van der Waals surface area contributed by atoms with Gasteiger partial charge in [0.05, 0.1) is 6.61 Å². The topological polar surface area (TPSA) is 21.3 Å². The Balaban J connectivity index is 2.45. The van der Waals surface area contributed by atoms with Gasteiger partial charge in [-0.05, 0) is 36.1 Å². The summed E-state index contributed by atoms with van der Waals surface area (Å²) < 4.78 is 5.53. The van der Waals surface area contributed by atoms with E-state index in [1.54, 1.807) is 0 Å². The Morgan fingerprint density at radius 1 is 1.12 bits per heavy atom. The van der Waals surface area contributed by atoms with Crippen molar-refractivity contribution in [1.29, 1.82) is 0 Å². The molecule has 2 nitrogen and oxygen atoms in total. The number of benzene rings is 1. The predicted octanol–water partition coefficient (Wildman–Crippen LogP) is 3.93. The molecule has 0 unspecified atom stereocenters. The van der Waals surface area contributed by atoms with E-state index in [2.05, 4.69) is 45.1 Å². The number of nitrogens with one attached hydrogen (secondary N) is 1. The Morgan fingerprint density at radius 2 is 1.75 bits per heavy atom. The smallest absolute Gasteiger partial charge is 0.119 e. The van der Waals surface area contributed by atoms with Gasteiger partial charge in [0.1, 0.15) is 5.75 Å². The third kappa shape index (κ3) is 5.06. The van der Waals surface area contributed by atoms with Gasteiger partial charge in [-0.15, -0.1) is 0 Å². The molecule has 0 saturated carbocycles. The van der Waals surface area contributed by atoms with Crippen molar-refractivity contribution in [2.75, 3.05) is 18.5 Å². The fraction of sp³-hybridized carbons (Fsp3) is 0.571. The van der Waals surface area contributed by atoms with Gasteiger partial charge >= 0.3 is 0 Å². The Kier molecular flexibility index (Phi) is 4.66. The Bertz CT molecular complexity index is 298. The molecule has 0 aliphatic heterocycles. The van der Waals surface area contributed by atoms with Gasteiger partial charge < -0.3 is 10.1 Å². The molecule has 1 N–H and O–H groups in total. The van der Waals surface area contributed by atoms with E-state index >= 15 is 0 Å². The van der Waals surface area contributed by atoms with Gasteiger partial charge in [-0.3, -0.25) is 0 Å². The van der Waals surface area contributed by atoms with E-state index in [9.17, 15) is 0 Å². The normalized spacial score (nSPS) is 11.2. The summed E-state index contributed by atoms with van der Waals surface area (Å²) in [5.41, 5.74) is 1.45. The van der Waals surface area contributed by atoms with Crippen LogP contribution >= 0.6 is 0 Å². The molecule has 0 amide bonds. The second kappa shape index (κ2) is 5.78. The van der Waals surface area contributed by atoms with E-state index in [1.165, 1.54) is 0 Å². The fourth-order valence-corrected chi connectivity index (χ4v) is 1.26. The monoisotopic (exact) mass is 221 g/mol. The van der Waals surface area contributed by atoms with Crippen molar-refractivity contribution in [3.8, 4) is 5.75 Å². The predicted molar refractivity (Wildman–Crippen MR) is 70.2 cm³/mol. The number of ether oxygens (including phenoxy) is 1. The minimum atomic E-state index is 0.303. The van der Waals surface area contributed by atoms with Crippen LogP contribution in [0.25, 0.3) is 0 Å². The fourth-order valence-electron chi connectivity index (χ4n) is 1.26. The molecule has 90 valence electrons. The highest BCUT2D eigenvalue weighted by molar-refractivity contribution is 5.46. The number of anilines is 1. The van der Waals surface area contributed by atoms with Crippen molar-refractivity contribution in [3.63, 3.8) is 0 Å². The standard InChI is InChI=1S/C14H23NO/c1-5-10-16-13-8-6-12(7-9-13)15-11-14(2,3)4/h6-9,15H,5,10-11H2,1-4H3. The van der Waals surface area contributed by atoms with E-state index in [0.29, 0.717) is 5.41 Å². The van der Waals surface area contributed by atoms with Crippen molar-refractivity contribution < 1.29 is 4.74 Å². The Hall–Kier alpha value is -1.18. The van der Waals surface area contributed by atoms with Crippen LogP contribution in [-0.4, -0.2) is 13.2 Å². The minimum Gasteiger partial charge on any atom is -0.494 e. The first-order valence-corrected chi connectivity index (χ1v) is 5.98. The maximum Gasteiger partial charge on any atom is 0.119 e. The summed E-state index contributed by atoms with van der Waals surface area (Å²) in [5.74, 6) is 0.947. The number of rotatable bonds is 5. The van der Waals surface area contributed by atoms with Crippen LogP contribution in [-0.2, 0) is 0 Å². The highest BCUT2D eigenvalue weighted by Gasteiger charge is 2.08. The van der Waals surface area contributed by atoms with Gasteiger partial charge in [0.15, 0.2) is 0 Å². The van der Waals surface area contributed by atoms with Crippen LogP contribution in [0, 0.1) is 5.41 Å². The van der Waals surface area contributed by atoms with Gasteiger partial charge in [0, 0.05) is 12.2 Å². The second-order valence-corrected chi connectivity index (χ2v) is 5.29. The maximum atomic E-state index is 5.53. The van der Waals surface area contributed by atoms with Crippen LogP contribution in [0.1, 0.15) is 34.1 Å². The second-order valence-electron chi connectivity index (χ2n) is 5.29. The largest absolute Gasteiger partial charge is 0.494 e. The maximum absolute atomic E-state index is 5.53. The van der Waals surface area contributed by atoms with Crippen LogP contribution < -0.4 is 10.1 Å². The SMILES string of the molecule is CCCOc1ccc(NCC(C)(C)C)cc1. The van der Waals surface area contributed by atoms with Crippen molar-refractivity contribution in [2.24, 2.45) is 5.41 Å². The molecule has 0 aromatic heterocycles. The Morgan fingerprint density at radius 3 is 2.25 bits per heavy atom. The van der Waals surface area contributed by atoms with Crippen molar-refractivity contribution >= 4 is 5.69 Å². The summed E-state index contributed by atoms with van der Waals surface area (Å²) in [7, 11) is 0. The van der Waals surface area contributed by atoms with Crippen LogP contribution in [0.5, 0.6) is 5.75 Å². The molecule has 0 aliphatic rings. The molecule has 2 heteroatoms. The van der Waals surface area contributed by atoms with Gasteiger partial charge in [-0.2, -0.15) is 0 Å². The van der Waals surface area contributed by atoms with Gasteiger partial charge in [0.2, 0.25) is 0 Å². The van der Waals surface area contributed by atoms with E-state index in [-0.39, 0.29) is 0 Å². The number of hydrogen-bond acceptors (Lipinski definition) is 2. The quantitative estimate of drug-likeness (QED) is 0.813. The molecule has 0 atom stereocenters. The molecular formula is C14H23NO.